The van der Waals surface area contributed by atoms with E-state index in [9.17, 15) is 19.5 Å². The second kappa shape index (κ2) is 9.14. The topological polar surface area (TPSA) is 109 Å². The third kappa shape index (κ3) is 4.67. The molecule has 1 aliphatic rings. The summed E-state index contributed by atoms with van der Waals surface area (Å²) in [4.78, 5) is 35.3. The molecule has 2 aromatic rings. The number of thioether (sulfide) groups is 1. The van der Waals surface area contributed by atoms with E-state index in [0.717, 1.165) is 42.2 Å². The van der Waals surface area contributed by atoms with Crippen LogP contribution in [0, 0.1) is 0 Å². The molecular weight excluding hydrogens is 382 g/mol. The lowest BCUT2D eigenvalue weighted by molar-refractivity contribution is -0.308. The smallest absolute Gasteiger partial charge is 0.339 e. The molecule has 1 amide bonds. The van der Waals surface area contributed by atoms with Crippen LogP contribution in [0.5, 0.6) is 5.75 Å². The number of carboxylic acids is 1. The van der Waals surface area contributed by atoms with Gasteiger partial charge in [0.1, 0.15) is 11.3 Å². The molecule has 0 saturated heterocycles. The fraction of sp³-hybridized carbons (Fsp3) is 0.450. The van der Waals surface area contributed by atoms with E-state index in [-0.39, 0.29) is 18.7 Å². The van der Waals surface area contributed by atoms with Crippen molar-refractivity contribution in [3.05, 3.63) is 39.7 Å². The quantitative estimate of drug-likeness (QED) is 0.655. The van der Waals surface area contributed by atoms with Crippen molar-refractivity contribution >= 4 is 34.6 Å². The van der Waals surface area contributed by atoms with Gasteiger partial charge in [-0.2, -0.15) is 11.8 Å². The number of hydrogen-bond acceptors (Lipinski definition) is 7. The average Bonchev–Trinajstić information content (AvgIpc) is 2.69. The number of rotatable bonds is 8. The SMILES string of the molecule is CSCC[C@H](NC(=O)COc1ccc2c3c(c(=O)oc2c1)CCCC3)C(=O)[O-]. The Labute approximate surface area is 166 Å². The van der Waals surface area contributed by atoms with E-state index in [0.29, 0.717) is 17.1 Å². The predicted octanol–water partition coefficient (Wildman–Crippen LogP) is 1.04. The molecule has 7 nitrogen and oxygen atoms in total. The van der Waals surface area contributed by atoms with E-state index in [2.05, 4.69) is 5.32 Å². The highest BCUT2D eigenvalue weighted by Crippen LogP contribution is 2.29. The van der Waals surface area contributed by atoms with Crippen molar-refractivity contribution < 1.29 is 23.8 Å². The lowest BCUT2D eigenvalue weighted by Crippen LogP contribution is -2.49. The highest BCUT2D eigenvalue weighted by molar-refractivity contribution is 7.98. The van der Waals surface area contributed by atoms with Crippen LogP contribution in [0.3, 0.4) is 0 Å². The van der Waals surface area contributed by atoms with Crippen molar-refractivity contribution in [2.45, 2.75) is 38.1 Å². The molecule has 0 unspecified atom stereocenters. The monoisotopic (exact) mass is 404 g/mol. The van der Waals surface area contributed by atoms with E-state index in [1.54, 1.807) is 12.1 Å². The lowest BCUT2D eigenvalue weighted by atomic mass is 9.91. The van der Waals surface area contributed by atoms with Gasteiger partial charge in [-0.25, -0.2) is 4.79 Å². The summed E-state index contributed by atoms with van der Waals surface area (Å²) in [5.41, 5.74) is 1.90. The van der Waals surface area contributed by atoms with Gasteiger partial charge in [-0.15, -0.1) is 0 Å². The number of hydrogen-bond donors (Lipinski definition) is 1. The molecule has 1 heterocycles. The third-order valence-corrected chi connectivity index (χ3v) is 5.44. The number of carbonyl (C=O) groups is 2. The standard InChI is InChI=1S/C20H23NO6S/c1-28-9-8-16(19(23)24)21-18(22)11-26-12-6-7-14-13-4-2-3-5-15(13)20(25)27-17(14)10-12/h6-7,10,16H,2-5,8-9,11H2,1H3,(H,21,22)(H,23,24)/p-1/t16-/m0/s1. The summed E-state index contributed by atoms with van der Waals surface area (Å²) in [6, 6.07) is 4.08. The van der Waals surface area contributed by atoms with Crippen LogP contribution in [0.1, 0.15) is 30.4 Å². The second-order valence-electron chi connectivity index (χ2n) is 6.72. The van der Waals surface area contributed by atoms with Gasteiger partial charge >= 0.3 is 5.63 Å². The third-order valence-electron chi connectivity index (χ3n) is 4.80. The summed E-state index contributed by atoms with van der Waals surface area (Å²) in [6.07, 6.45) is 5.75. The molecule has 1 atom stereocenters. The van der Waals surface area contributed by atoms with Crippen molar-refractivity contribution in [1.29, 1.82) is 0 Å². The van der Waals surface area contributed by atoms with Gasteiger partial charge in [-0.05, 0) is 61.8 Å². The zero-order valence-corrected chi connectivity index (χ0v) is 16.4. The van der Waals surface area contributed by atoms with Crippen LogP contribution >= 0.6 is 11.8 Å². The molecule has 0 fully saturated rings. The van der Waals surface area contributed by atoms with Crippen molar-refractivity contribution in [1.82, 2.24) is 5.32 Å². The Balaban J connectivity index is 1.68. The highest BCUT2D eigenvalue weighted by atomic mass is 32.2. The van der Waals surface area contributed by atoms with E-state index >= 15 is 0 Å². The fourth-order valence-electron chi connectivity index (χ4n) is 3.39. The number of nitrogens with one attached hydrogen (secondary N) is 1. The zero-order valence-electron chi connectivity index (χ0n) is 15.6. The largest absolute Gasteiger partial charge is 0.548 e. The first-order valence-electron chi connectivity index (χ1n) is 9.20. The first-order valence-corrected chi connectivity index (χ1v) is 10.6. The number of carboxylic acid groups (broad SMARTS) is 1. The molecule has 1 aromatic heterocycles. The molecule has 0 radical (unpaired) electrons. The van der Waals surface area contributed by atoms with Gasteiger partial charge < -0.3 is 24.4 Å². The Morgan fingerprint density at radius 1 is 1.29 bits per heavy atom. The number of aryl methyl sites for hydroxylation is 1. The van der Waals surface area contributed by atoms with Crippen molar-refractivity contribution in [3.63, 3.8) is 0 Å². The first kappa shape index (κ1) is 20.3. The van der Waals surface area contributed by atoms with Gasteiger partial charge in [-0.1, -0.05) is 0 Å². The van der Waals surface area contributed by atoms with E-state index < -0.39 is 17.9 Å². The van der Waals surface area contributed by atoms with Gasteiger partial charge in [-0.3, -0.25) is 4.79 Å². The first-order chi connectivity index (χ1) is 13.5. The summed E-state index contributed by atoms with van der Waals surface area (Å²) in [6.45, 7) is -0.344. The number of benzene rings is 1. The summed E-state index contributed by atoms with van der Waals surface area (Å²) in [5.74, 6) is -0.911. The molecule has 28 heavy (non-hydrogen) atoms. The molecule has 0 saturated carbocycles. The predicted molar refractivity (Wildman–Crippen MR) is 105 cm³/mol. The maximum Gasteiger partial charge on any atom is 0.339 e. The molecule has 3 rings (SSSR count). The summed E-state index contributed by atoms with van der Waals surface area (Å²) >= 11 is 1.49. The van der Waals surface area contributed by atoms with Gasteiger partial charge in [0.25, 0.3) is 5.91 Å². The normalized spacial score (nSPS) is 14.3. The minimum Gasteiger partial charge on any atom is -0.548 e. The molecule has 1 aliphatic carbocycles. The highest BCUT2D eigenvalue weighted by Gasteiger charge is 2.18. The maximum atomic E-state index is 12.2. The number of fused-ring (bicyclic) bond motifs is 3. The Bertz CT molecular complexity index is 938. The summed E-state index contributed by atoms with van der Waals surface area (Å²) in [5, 5.41) is 14.4. The van der Waals surface area contributed by atoms with Gasteiger partial charge in [0, 0.05) is 17.0 Å². The number of carbonyl (C=O) groups excluding carboxylic acids is 2. The van der Waals surface area contributed by atoms with Gasteiger partial charge in [0.15, 0.2) is 6.61 Å². The van der Waals surface area contributed by atoms with Crippen LogP contribution in [0.2, 0.25) is 0 Å². The van der Waals surface area contributed by atoms with Crippen LogP contribution in [0.15, 0.2) is 27.4 Å². The van der Waals surface area contributed by atoms with Gasteiger partial charge in [0.05, 0.1) is 12.0 Å². The maximum absolute atomic E-state index is 12.2. The Kier molecular flexibility index (Phi) is 6.61. The number of aliphatic carboxylic acids is 1. The molecule has 1 N–H and O–H groups in total. The minimum atomic E-state index is -1.32. The Morgan fingerprint density at radius 3 is 2.75 bits per heavy atom. The molecule has 150 valence electrons. The van der Waals surface area contributed by atoms with Crippen LogP contribution in [-0.2, 0) is 22.4 Å². The van der Waals surface area contributed by atoms with Crippen molar-refractivity contribution in [2.24, 2.45) is 0 Å². The Hall–Kier alpha value is -2.48. The second-order valence-corrected chi connectivity index (χ2v) is 7.71. The summed E-state index contributed by atoms with van der Waals surface area (Å²) in [7, 11) is 0. The van der Waals surface area contributed by atoms with E-state index in [1.165, 1.54) is 11.8 Å². The minimum absolute atomic E-state index is 0.279. The van der Waals surface area contributed by atoms with Crippen LogP contribution in [0.4, 0.5) is 0 Å². The van der Waals surface area contributed by atoms with E-state index in [1.807, 2.05) is 12.3 Å². The molecular formula is C20H22NO6S-. The van der Waals surface area contributed by atoms with Gasteiger partial charge in [0.2, 0.25) is 0 Å². The van der Waals surface area contributed by atoms with Crippen molar-refractivity contribution in [3.8, 4) is 5.75 Å². The van der Waals surface area contributed by atoms with Crippen LogP contribution < -0.4 is 20.8 Å². The van der Waals surface area contributed by atoms with Crippen molar-refractivity contribution in [2.75, 3.05) is 18.6 Å². The number of amides is 1. The number of ether oxygens (including phenoxy) is 1. The zero-order chi connectivity index (χ0) is 20.1. The van der Waals surface area contributed by atoms with Crippen LogP contribution in [-0.4, -0.2) is 36.5 Å². The average molecular weight is 404 g/mol. The molecule has 0 bridgehead atoms. The van der Waals surface area contributed by atoms with Crippen LogP contribution in [0.25, 0.3) is 11.0 Å². The molecule has 8 heteroatoms. The molecule has 0 aliphatic heterocycles. The Morgan fingerprint density at radius 2 is 2.04 bits per heavy atom. The fourth-order valence-corrected chi connectivity index (χ4v) is 3.86. The molecule has 0 spiro atoms. The van der Waals surface area contributed by atoms with E-state index in [4.69, 9.17) is 9.15 Å². The summed E-state index contributed by atoms with van der Waals surface area (Å²) < 4.78 is 10.9. The molecule has 1 aromatic carbocycles. The lowest BCUT2D eigenvalue weighted by Gasteiger charge is -2.19.